The maximum absolute atomic E-state index is 14.7. The fourth-order valence-corrected chi connectivity index (χ4v) is 3.90. The molecule has 10 heteroatoms. The summed E-state index contributed by atoms with van der Waals surface area (Å²) in [6, 6.07) is 11.0. The second-order valence-electron chi connectivity index (χ2n) is 8.66. The molecular formula is C28H34FN5O4. The number of aromatic nitrogens is 1. The molecule has 0 aliphatic carbocycles. The number of primary amides is 1. The van der Waals surface area contributed by atoms with Crippen LogP contribution in [0, 0.1) is 19.7 Å². The largest absolute Gasteiger partial charge is 0.369 e. The fourth-order valence-electron chi connectivity index (χ4n) is 3.90. The molecule has 0 saturated heterocycles. The summed E-state index contributed by atoms with van der Waals surface area (Å²) >= 11 is 0. The second-order valence-corrected chi connectivity index (χ2v) is 8.66. The third kappa shape index (κ3) is 6.26. The van der Waals surface area contributed by atoms with Crippen LogP contribution in [0.25, 0.3) is 0 Å². The van der Waals surface area contributed by atoms with Crippen molar-refractivity contribution in [2.45, 2.75) is 34.1 Å². The van der Waals surface area contributed by atoms with Crippen molar-refractivity contribution >= 4 is 41.1 Å². The predicted octanol–water partition coefficient (Wildman–Crippen LogP) is 3.94. The van der Waals surface area contributed by atoms with Crippen LogP contribution < -0.4 is 21.5 Å². The van der Waals surface area contributed by atoms with Crippen LogP contribution >= 0.6 is 0 Å². The molecule has 0 fully saturated rings. The van der Waals surface area contributed by atoms with Crippen LogP contribution in [0.3, 0.4) is 0 Å². The zero-order valence-electron chi connectivity index (χ0n) is 22.8. The van der Waals surface area contributed by atoms with Gasteiger partial charge in [-0.3, -0.25) is 28.6 Å². The Kier molecular flexibility index (Phi) is 9.92. The third-order valence-electron chi connectivity index (χ3n) is 5.70. The number of benzene rings is 2. The molecule has 9 nitrogen and oxygen atoms in total. The van der Waals surface area contributed by atoms with Crippen molar-refractivity contribution in [1.29, 1.82) is 0 Å². The van der Waals surface area contributed by atoms with Crippen LogP contribution in [0.4, 0.5) is 27.3 Å². The summed E-state index contributed by atoms with van der Waals surface area (Å²) < 4.78 is 15.9. The van der Waals surface area contributed by atoms with Crippen molar-refractivity contribution < 1.29 is 18.8 Å². The minimum absolute atomic E-state index is 0.00743. The SMILES string of the molecule is CC.Cc1ccc(Nc2c(C(=O)N(C)C)c(N(C=O)c3cccc(CC(N)=O)c3)c(C)c(=O)n2C)c(F)c1. The van der Waals surface area contributed by atoms with Gasteiger partial charge in [0.25, 0.3) is 11.5 Å². The van der Waals surface area contributed by atoms with Crippen LogP contribution in [0.15, 0.2) is 47.3 Å². The number of nitrogens with one attached hydrogen (secondary N) is 1. The molecule has 38 heavy (non-hydrogen) atoms. The molecule has 3 amide bonds. The number of carbonyl (C=O) groups excluding carboxylic acids is 3. The average Bonchev–Trinajstić information content (AvgIpc) is 2.87. The molecule has 0 aliphatic rings. The normalized spacial score (nSPS) is 10.2. The Labute approximate surface area is 221 Å². The summed E-state index contributed by atoms with van der Waals surface area (Å²) in [5, 5.41) is 2.89. The van der Waals surface area contributed by atoms with Crippen LogP contribution in [-0.2, 0) is 23.1 Å². The number of halogens is 1. The van der Waals surface area contributed by atoms with E-state index in [0.717, 1.165) is 4.90 Å². The van der Waals surface area contributed by atoms with Gasteiger partial charge in [-0.2, -0.15) is 0 Å². The van der Waals surface area contributed by atoms with Gasteiger partial charge in [-0.05, 0) is 49.2 Å². The predicted molar refractivity (Wildman–Crippen MR) is 148 cm³/mol. The molecule has 0 atom stereocenters. The number of nitrogens with zero attached hydrogens (tertiary/aromatic N) is 3. The summed E-state index contributed by atoms with van der Waals surface area (Å²) in [6.45, 7) is 7.24. The highest BCUT2D eigenvalue weighted by Gasteiger charge is 2.29. The summed E-state index contributed by atoms with van der Waals surface area (Å²) in [7, 11) is 4.52. The van der Waals surface area contributed by atoms with Gasteiger partial charge in [-0.25, -0.2) is 4.39 Å². The van der Waals surface area contributed by atoms with E-state index in [1.54, 1.807) is 37.3 Å². The minimum atomic E-state index is -0.570. The first-order valence-corrected chi connectivity index (χ1v) is 12.1. The molecule has 0 unspecified atom stereocenters. The van der Waals surface area contributed by atoms with Crippen molar-refractivity contribution in [3.05, 3.63) is 80.9 Å². The zero-order chi connectivity index (χ0) is 28.7. The number of hydrogen-bond donors (Lipinski definition) is 2. The van der Waals surface area contributed by atoms with Gasteiger partial charge >= 0.3 is 0 Å². The maximum Gasteiger partial charge on any atom is 0.259 e. The highest BCUT2D eigenvalue weighted by Crippen LogP contribution is 2.36. The van der Waals surface area contributed by atoms with Crippen LogP contribution in [-0.4, -0.2) is 41.8 Å². The summed E-state index contributed by atoms with van der Waals surface area (Å²) in [6.07, 6.45) is 0.424. The summed E-state index contributed by atoms with van der Waals surface area (Å²) in [4.78, 5) is 53.0. The van der Waals surface area contributed by atoms with E-state index in [2.05, 4.69) is 5.32 Å². The van der Waals surface area contributed by atoms with E-state index in [9.17, 15) is 23.6 Å². The lowest BCUT2D eigenvalue weighted by Crippen LogP contribution is -2.33. The highest BCUT2D eigenvalue weighted by molar-refractivity contribution is 6.08. The molecule has 1 aromatic heterocycles. The summed E-state index contributed by atoms with van der Waals surface area (Å²) in [5.41, 5.74) is 6.61. The second kappa shape index (κ2) is 12.7. The van der Waals surface area contributed by atoms with Gasteiger partial charge in [0.15, 0.2) is 0 Å². The minimum Gasteiger partial charge on any atom is -0.369 e. The van der Waals surface area contributed by atoms with Gasteiger partial charge in [0, 0.05) is 32.4 Å². The Balaban J connectivity index is 0.00000247. The Morgan fingerprint density at radius 1 is 1.11 bits per heavy atom. The quantitative estimate of drug-likeness (QED) is 0.434. The molecule has 0 bridgehead atoms. The van der Waals surface area contributed by atoms with Crippen molar-refractivity contribution in [3.63, 3.8) is 0 Å². The molecular weight excluding hydrogens is 489 g/mol. The number of carbonyl (C=O) groups is 3. The number of nitrogens with two attached hydrogens (primary N) is 1. The van der Waals surface area contributed by atoms with Gasteiger partial charge in [0.2, 0.25) is 12.3 Å². The third-order valence-corrected chi connectivity index (χ3v) is 5.70. The lowest BCUT2D eigenvalue weighted by molar-refractivity contribution is -0.117. The topological polar surface area (TPSA) is 118 Å². The lowest BCUT2D eigenvalue weighted by Gasteiger charge is -2.27. The number of rotatable bonds is 8. The van der Waals surface area contributed by atoms with Crippen molar-refractivity contribution in [1.82, 2.24) is 9.47 Å². The van der Waals surface area contributed by atoms with E-state index in [0.29, 0.717) is 23.2 Å². The molecule has 2 aromatic carbocycles. The molecule has 3 aromatic rings. The van der Waals surface area contributed by atoms with E-state index in [1.807, 2.05) is 13.8 Å². The number of anilines is 4. The van der Waals surface area contributed by atoms with Gasteiger partial charge in [-0.1, -0.05) is 32.0 Å². The lowest BCUT2D eigenvalue weighted by atomic mass is 10.0. The van der Waals surface area contributed by atoms with E-state index >= 15 is 0 Å². The molecule has 0 aliphatic heterocycles. The molecule has 3 N–H and O–H groups in total. The Morgan fingerprint density at radius 2 is 1.76 bits per heavy atom. The fraction of sp³-hybridized carbons (Fsp3) is 0.286. The number of aryl methyl sites for hydroxylation is 1. The first-order valence-electron chi connectivity index (χ1n) is 12.1. The van der Waals surface area contributed by atoms with Crippen molar-refractivity contribution in [3.8, 4) is 0 Å². The molecule has 0 radical (unpaired) electrons. The first-order chi connectivity index (χ1) is 18.0. The standard InChI is InChI=1S/C26H28FN5O4.C2H6/c1-15-9-10-20(19(27)11-15)29-24-22(26(36)30(3)4)23(16(2)25(35)31(24)5)32(14-33)18-8-6-7-17(12-18)13-21(28)34;1-2/h6-12,14,29H,13H2,1-5H3,(H2,28,34);1-2H3. The van der Waals surface area contributed by atoms with Gasteiger partial charge in [-0.15, -0.1) is 0 Å². The highest BCUT2D eigenvalue weighted by atomic mass is 19.1. The van der Waals surface area contributed by atoms with Crippen molar-refractivity contribution in [2.24, 2.45) is 12.8 Å². The monoisotopic (exact) mass is 523 g/mol. The van der Waals surface area contributed by atoms with Gasteiger partial charge in [0.1, 0.15) is 17.2 Å². The average molecular weight is 524 g/mol. The number of pyridine rings is 1. The van der Waals surface area contributed by atoms with Gasteiger partial charge < -0.3 is 16.0 Å². The number of amides is 3. The number of hydrogen-bond acceptors (Lipinski definition) is 5. The van der Waals surface area contributed by atoms with E-state index in [-0.39, 0.29) is 34.7 Å². The van der Waals surface area contributed by atoms with E-state index < -0.39 is 23.2 Å². The Morgan fingerprint density at radius 3 is 2.32 bits per heavy atom. The van der Waals surface area contributed by atoms with Crippen molar-refractivity contribution in [2.75, 3.05) is 24.3 Å². The molecule has 0 spiro atoms. The molecule has 3 rings (SSSR count). The van der Waals surface area contributed by atoms with Crippen LogP contribution in [0.5, 0.6) is 0 Å². The molecule has 1 heterocycles. The zero-order valence-corrected chi connectivity index (χ0v) is 22.8. The summed E-state index contributed by atoms with van der Waals surface area (Å²) in [5.74, 6) is -1.62. The van der Waals surface area contributed by atoms with Crippen LogP contribution in [0.1, 0.15) is 40.9 Å². The molecule has 202 valence electrons. The Hall–Kier alpha value is -4.47. The van der Waals surface area contributed by atoms with Gasteiger partial charge in [0.05, 0.1) is 17.8 Å². The van der Waals surface area contributed by atoms with Crippen LogP contribution in [0.2, 0.25) is 0 Å². The Bertz CT molecular complexity index is 1420. The maximum atomic E-state index is 14.7. The van der Waals surface area contributed by atoms with E-state index in [1.165, 1.54) is 49.7 Å². The first kappa shape index (κ1) is 29.8. The molecule has 0 saturated carbocycles. The smallest absolute Gasteiger partial charge is 0.259 e. The van der Waals surface area contributed by atoms with E-state index in [4.69, 9.17) is 5.73 Å².